The van der Waals surface area contributed by atoms with E-state index in [2.05, 4.69) is 26.8 Å². The summed E-state index contributed by atoms with van der Waals surface area (Å²) in [5.41, 5.74) is 4.54. The van der Waals surface area contributed by atoms with Crippen molar-refractivity contribution in [3.05, 3.63) is 63.9 Å². The zero-order valence-corrected chi connectivity index (χ0v) is 13.1. The lowest BCUT2D eigenvalue weighted by atomic mass is 10.2. The Hall–Kier alpha value is -2.41. The van der Waals surface area contributed by atoms with Crippen LogP contribution in [0.2, 0.25) is 0 Å². The molecule has 0 unspecified atom stereocenters. The Morgan fingerprint density at radius 1 is 1.09 bits per heavy atom. The molecule has 5 nitrogen and oxygen atoms in total. The van der Waals surface area contributed by atoms with Gasteiger partial charge in [0.2, 0.25) is 0 Å². The lowest BCUT2D eigenvalue weighted by molar-refractivity contribution is 0.0844. The highest BCUT2D eigenvalue weighted by Gasteiger charge is 2.13. The third-order valence-corrected chi connectivity index (χ3v) is 3.44. The number of rotatable bonds is 3. The highest BCUT2D eigenvalue weighted by molar-refractivity contribution is 9.10. The van der Waals surface area contributed by atoms with Gasteiger partial charge in [-0.25, -0.2) is 4.39 Å². The molecule has 0 aromatic heterocycles. The van der Waals surface area contributed by atoms with Gasteiger partial charge in [-0.15, -0.1) is 0 Å². The summed E-state index contributed by atoms with van der Waals surface area (Å²) in [5, 5.41) is 0. The predicted molar refractivity (Wildman–Crippen MR) is 82.0 cm³/mol. The van der Waals surface area contributed by atoms with E-state index in [9.17, 15) is 14.0 Å². The van der Waals surface area contributed by atoms with Gasteiger partial charge in [0.1, 0.15) is 11.6 Å². The third kappa shape index (κ3) is 3.62. The van der Waals surface area contributed by atoms with Crippen LogP contribution in [0.3, 0.4) is 0 Å². The maximum absolute atomic E-state index is 13.4. The molecule has 0 fully saturated rings. The maximum Gasteiger partial charge on any atom is 0.272 e. The molecule has 0 saturated carbocycles. The topological polar surface area (TPSA) is 67.4 Å². The number of carbonyl (C=O) groups is 2. The molecule has 2 aromatic carbocycles. The number of amides is 2. The Balaban J connectivity index is 2.02. The molecule has 2 aromatic rings. The predicted octanol–water partition coefficient (Wildman–Crippen LogP) is 2.67. The quantitative estimate of drug-likeness (QED) is 0.820. The van der Waals surface area contributed by atoms with E-state index in [1.807, 2.05) is 0 Å². The van der Waals surface area contributed by atoms with Crippen molar-refractivity contribution < 1.29 is 18.7 Å². The van der Waals surface area contributed by atoms with E-state index >= 15 is 0 Å². The summed E-state index contributed by atoms with van der Waals surface area (Å²) < 4.78 is 19.1. The van der Waals surface area contributed by atoms with Gasteiger partial charge in [0.05, 0.1) is 17.1 Å². The van der Waals surface area contributed by atoms with Gasteiger partial charge in [-0.3, -0.25) is 20.4 Å². The summed E-state index contributed by atoms with van der Waals surface area (Å²) in [6, 6.07) is 10.2. The molecule has 22 heavy (non-hydrogen) atoms. The maximum atomic E-state index is 13.4. The van der Waals surface area contributed by atoms with Crippen molar-refractivity contribution in [2.24, 2.45) is 0 Å². The van der Waals surface area contributed by atoms with Crippen LogP contribution in [0, 0.1) is 5.82 Å². The van der Waals surface area contributed by atoms with E-state index in [4.69, 9.17) is 4.74 Å². The van der Waals surface area contributed by atoms with Crippen molar-refractivity contribution in [2.45, 2.75) is 0 Å². The van der Waals surface area contributed by atoms with E-state index in [1.54, 1.807) is 12.1 Å². The number of methoxy groups -OCH3 is 1. The van der Waals surface area contributed by atoms with Crippen molar-refractivity contribution in [3.63, 3.8) is 0 Å². The monoisotopic (exact) mass is 366 g/mol. The summed E-state index contributed by atoms with van der Waals surface area (Å²) in [7, 11) is 1.51. The van der Waals surface area contributed by atoms with Gasteiger partial charge in [-0.05, 0) is 46.3 Å². The fraction of sp³-hybridized carbons (Fsp3) is 0.0667. The van der Waals surface area contributed by atoms with E-state index < -0.39 is 17.6 Å². The molecule has 2 amide bonds. The second kappa shape index (κ2) is 7.04. The van der Waals surface area contributed by atoms with Crippen molar-refractivity contribution in [1.29, 1.82) is 0 Å². The van der Waals surface area contributed by atoms with Crippen LogP contribution in [0.1, 0.15) is 20.7 Å². The minimum absolute atomic E-state index is 0.154. The first-order chi connectivity index (χ1) is 10.5. The van der Waals surface area contributed by atoms with Crippen molar-refractivity contribution in [1.82, 2.24) is 10.9 Å². The van der Waals surface area contributed by atoms with E-state index in [-0.39, 0.29) is 5.56 Å². The van der Waals surface area contributed by atoms with Gasteiger partial charge >= 0.3 is 0 Å². The first-order valence-corrected chi connectivity index (χ1v) is 7.01. The second-order valence-electron chi connectivity index (χ2n) is 4.24. The normalized spacial score (nSPS) is 9.95. The molecule has 0 aliphatic rings. The highest BCUT2D eigenvalue weighted by Crippen LogP contribution is 2.25. The van der Waals surface area contributed by atoms with Crippen LogP contribution in [0.15, 0.2) is 46.9 Å². The van der Waals surface area contributed by atoms with Crippen LogP contribution in [0.25, 0.3) is 0 Å². The SMILES string of the molecule is COc1ccc(C(=O)NNC(=O)c2ccccc2F)cc1Br. The molecule has 114 valence electrons. The number of hydrogen-bond acceptors (Lipinski definition) is 3. The molecule has 2 N–H and O–H groups in total. The molecule has 0 atom stereocenters. The third-order valence-electron chi connectivity index (χ3n) is 2.82. The number of hydrogen-bond donors (Lipinski definition) is 2. The van der Waals surface area contributed by atoms with Crippen LogP contribution in [0.4, 0.5) is 4.39 Å². The second-order valence-corrected chi connectivity index (χ2v) is 5.09. The molecule has 0 radical (unpaired) electrons. The van der Waals surface area contributed by atoms with Gasteiger partial charge in [0, 0.05) is 5.56 Å². The Morgan fingerprint density at radius 2 is 1.77 bits per heavy atom. The smallest absolute Gasteiger partial charge is 0.272 e. The van der Waals surface area contributed by atoms with Crippen molar-refractivity contribution in [3.8, 4) is 5.75 Å². The minimum atomic E-state index is -0.737. The van der Waals surface area contributed by atoms with E-state index in [0.717, 1.165) is 6.07 Å². The lowest BCUT2D eigenvalue weighted by Crippen LogP contribution is -2.41. The molecule has 2 rings (SSSR count). The number of hydrazine groups is 1. The zero-order valence-electron chi connectivity index (χ0n) is 11.5. The Kier molecular flexibility index (Phi) is 5.11. The number of nitrogens with one attached hydrogen (secondary N) is 2. The molecule has 0 aliphatic heterocycles. The zero-order chi connectivity index (χ0) is 16.1. The summed E-state index contributed by atoms with van der Waals surface area (Å²) in [6.07, 6.45) is 0. The van der Waals surface area contributed by atoms with Gasteiger partial charge in [0.15, 0.2) is 0 Å². The molecule has 0 spiro atoms. The fourth-order valence-corrected chi connectivity index (χ4v) is 2.25. The summed E-state index contributed by atoms with van der Waals surface area (Å²) in [4.78, 5) is 23.7. The average Bonchev–Trinajstić information content (AvgIpc) is 2.52. The fourth-order valence-electron chi connectivity index (χ4n) is 1.71. The van der Waals surface area contributed by atoms with Crippen molar-refractivity contribution in [2.75, 3.05) is 7.11 Å². The summed E-state index contributed by atoms with van der Waals surface area (Å²) >= 11 is 3.26. The molecule has 7 heteroatoms. The van der Waals surface area contributed by atoms with Crippen LogP contribution < -0.4 is 15.6 Å². The largest absolute Gasteiger partial charge is 0.496 e. The van der Waals surface area contributed by atoms with Crippen LogP contribution >= 0.6 is 15.9 Å². The first kappa shape index (κ1) is 16.0. The molecular formula is C15H12BrFN2O3. The summed E-state index contributed by atoms with van der Waals surface area (Å²) in [5.74, 6) is -1.36. The Labute approximate surface area is 134 Å². The average molecular weight is 367 g/mol. The van der Waals surface area contributed by atoms with Gasteiger partial charge in [-0.2, -0.15) is 0 Å². The molecule has 0 heterocycles. The molecule has 0 bridgehead atoms. The number of benzene rings is 2. The van der Waals surface area contributed by atoms with Gasteiger partial charge < -0.3 is 4.74 Å². The van der Waals surface area contributed by atoms with Gasteiger partial charge in [-0.1, -0.05) is 12.1 Å². The highest BCUT2D eigenvalue weighted by atomic mass is 79.9. The Morgan fingerprint density at radius 3 is 2.41 bits per heavy atom. The van der Waals surface area contributed by atoms with Crippen molar-refractivity contribution >= 4 is 27.7 Å². The lowest BCUT2D eigenvalue weighted by Gasteiger charge is -2.09. The number of halogens is 2. The summed E-state index contributed by atoms with van der Waals surface area (Å²) in [6.45, 7) is 0. The standard InChI is InChI=1S/C15H12BrFN2O3/c1-22-13-7-6-9(8-11(13)16)14(20)18-19-15(21)10-4-2-3-5-12(10)17/h2-8H,1H3,(H,18,20)(H,19,21). The first-order valence-electron chi connectivity index (χ1n) is 6.21. The van der Waals surface area contributed by atoms with Crippen LogP contribution in [0.5, 0.6) is 5.75 Å². The van der Waals surface area contributed by atoms with Crippen LogP contribution in [-0.4, -0.2) is 18.9 Å². The number of carbonyl (C=O) groups excluding carboxylic acids is 2. The Bertz CT molecular complexity index is 722. The number of ether oxygens (including phenoxy) is 1. The van der Waals surface area contributed by atoms with E-state index in [1.165, 1.54) is 31.4 Å². The molecule has 0 saturated heterocycles. The minimum Gasteiger partial charge on any atom is -0.496 e. The van der Waals surface area contributed by atoms with Gasteiger partial charge in [0.25, 0.3) is 11.8 Å². The molecule has 0 aliphatic carbocycles. The van der Waals surface area contributed by atoms with Crippen LogP contribution in [-0.2, 0) is 0 Å². The molecular weight excluding hydrogens is 355 g/mol. The van der Waals surface area contributed by atoms with E-state index in [0.29, 0.717) is 15.8 Å².